The molecule has 134 valence electrons. The number of likely N-dealkylation sites (tertiary alicyclic amines) is 1. The van der Waals surface area contributed by atoms with Crippen LogP contribution in [0.4, 0.5) is 11.4 Å². The molecule has 0 aliphatic carbocycles. The van der Waals surface area contributed by atoms with Gasteiger partial charge >= 0.3 is 0 Å². The van der Waals surface area contributed by atoms with E-state index >= 15 is 0 Å². The molecule has 1 aromatic heterocycles. The first-order chi connectivity index (χ1) is 12.1. The molecule has 2 aromatic rings. The number of amides is 1. The lowest BCUT2D eigenvalue weighted by atomic mass is 9.95. The van der Waals surface area contributed by atoms with E-state index in [9.17, 15) is 4.79 Å². The van der Waals surface area contributed by atoms with Gasteiger partial charge < -0.3 is 15.8 Å². The third-order valence-electron chi connectivity index (χ3n) is 4.49. The van der Waals surface area contributed by atoms with Crippen LogP contribution in [0.5, 0.6) is 5.75 Å². The summed E-state index contributed by atoms with van der Waals surface area (Å²) in [6.45, 7) is 2.82. The van der Waals surface area contributed by atoms with Crippen molar-refractivity contribution < 1.29 is 9.53 Å². The summed E-state index contributed by atoms with van der Waals surface area (Å²) >= 11 is 7.84. The molecule has 1 amide bonds. The molecule has 0 bridgehead atoms. The van der Waals surface area contributed by atoms with Gasteiger partial charge in [0, 0.05) is 23.4 Å². The molecule has 1 aromatic carbocycles. The number of carbonyl (C=O) groups excluding carboxylic acids is 1. The van der Waals surface area contributed by atoms with Crippen LogP contribution in [0.25, 0.3) is 0 Å². The predicted octanol–water partition coefficient (Wildman–Crippen LogP) is 3.84. The Morgan fingerprint density at radius 1 is 1.44 bits per heavy atom. The molecule has 1 aliphatic rings. The van der Waals surface area contributed by atoms with Gasteiger partial charge in [0.2, 0.25) is 5.91 Å². The van der Waals surface area contributed by atoms with E-state index < -0.39 is 0 Å². The van der Waals surface area contributed by atoms with E-state index in [1.807, 2.05) is 0 Å². The number of halogens is 1. The minimum absolute atomic E-state index is 0.000574. The SMILES string of the molecule is COc1cc(N)c(Cl)cc1NC(=O)C1CCN(Cc2cccs2)CC1. The summed E-state index contributed by atoms with van der Waals surface area (Å²) in [5.41, 5.74) is 6.77. The Kier molecular flexibility index (Phi) is 5.83. The normalized spacial score (nSPS) is 15.9. The van der Waals surface area contributed by atoms with Crippen molar-refractivity contribution in [1.82, 2.24) is 4.90 Å². The first-order valence-corrected chi connectivity index (χ1v) is 9.51. The number of thiophene rings is 1. The number of rotatable bonds is 5. The van der Waals surface area contributed by atoms with Gasteiger partial charge in [0.1, 0.15) is 5.75 Å². The minimum Gasteiger partial charge on any atom is -0.494 e. The van der Waals surface area contributed by atoms with Crippen LogP contribution >= 0.6 is 22.9 Å². The maximum absolute atomic E-state index is 12.6. The lowest BCUT2D eigenvalue weighted by Gasteiger charge is -2.31. The van der Waals surface area contributed by atoms with Crippen LogP contribution in [0.15, 0.2) is 29.6 Å². The zero-order chi connectivity index (χ0) is 17.8. The van der Waals surface area contributed by atoms with E-state index in [0.717, 1.165) is 32.5 Å². The van der Waals surface area contributed by atoms with Gasteiger partial charge in [0.05, 0.1) is 23.5 Å². The van der Waals surface area contributed by atoms with Gasteiger partial charge in [-0.2, -0.15) is 0 Å². The first kappa shape index (κ1) is 18.0. The third-order valence-corrected chi connectivity index (χ3v) is 5.68. The topological polar surface area (TPSA) is 67.6 Å². The van der Waals surface area contributed by atoms with Crippen LogP contribution in [0, 0.1) is 5.92 Å². The van der Waals surface area contributed by atoms with Crippen LogP contribution in [-0.4, -0.2) is 31.0 Å². The number of nitrogens with two attached hydrogens (primary N) is 1. The summed E-state index contributed by atoms with van der Waals surface area (Å²) in [6, 6.07) is 7.49. The van der Waals surface area contributed by atoms with Gasteiger partial charge in [-0.25, -0.2) is 0 Å². The largest absolute Gasteiger partial charge is 0.494 e. The molecule has 0 radical (unpaired) electrons. The maximum atomic E-state index is 12.6. The van der Waals surface area contributed by atoms with Crippen LogP contribution < -0.4 is 15.8 Å². The number of hydrogen-bond donors (Lipinski definition) is 2. The zero-order valence-corrected chi connectivity index (χ0v) is 15.7. The Morgan fingerprint density at radius 2 is 2.20 bits per heavy atom. The highest BCUT2D eigenvalue weighted by atomic mass is 35.5. The van der Waals surface area contributed by atoms with E-state index in [-0.39, 0.29) is 11.8 Å². The quantitative estimate of drug-likeness (QED) is 0.774. The molecule has 0 unspecified atom stereocenters. The third kappa shape index (κ3) is 4.45. The van der Waals surface area contributed by atoms with Crippen molar-refractivity contribution in [3.8, 4) is 5.75 Å². The summed E-state index contributed by atoms with van der Waals surface area (Å²) < 4.78 is 5.28. The molecule has 3 rings (SSSR count). The highest BCUT2D eigenvalue weighted by molar-refractivity contribution is 7.09. The fourth-order valence-electron chi connectivity index (χ4n) is 3.05. The number of nitrogen functional groups attached to an aromatic ring is 1. The van der Waals surface area contributed by atoms with Gasteiger partial charge in [-0.1, -0.05) is 17.7 Å². The molecule has 3 N–H and O–H groups in total. The van der Waals surface area contributed by atoms with E-state index in [1.165, 1.54) is 4.88 Å². The fourth-order valence-corrected chi connectivity index (χ4v) is 3.96. The Hall–Kier alpha value is -1.76. The van der Waals surface area contributed by atoms with Gasteiger partial charge in [0.15, 0.2) is 0 Å². The summed E-state index contributed by atoms with van der Waals surface area (Å²) in [7, 11) is 1.54. The monoisotopic (exact) mass is 379 g/mol. The van der Waals surface area contributed by atoms with E-state index in [2.05, 4.69) is 27.7 Å². The van der Waals surface area contributed by atoms with E-state index in [0.29, 0.717) is 22.1 Å². The van der Waals surface area contributed by atoms with Crippen molar-refractivity contribution in [2.24, 2.45) is 5.92 Å². The maximum Gasteiger partial charge on any atom is 0.227 e. The average Bonchev–Trinajstić information content (AvgIpc) is 3.11. The molecule has 2 heterocycles. The first-order valence-electron chi connectivity index (χ1n) is 8.25. The zero-order valence-electron chi connectivity index (χ0n) is 14.1. The number of methoxy groups -OCH3 is 1. The predicted molar refractivity (Wildman–Crippen MR) is 103 cm³/mol. The lowest BCUT2D eigenvalue weighted by molar-refractivity contribution is -0.121. The van der Waals surface area contributed by atoms with E-state index in [4.69, 9.17) is 22.1 Å². The second-order valence-corrected chi connectivity index (χ2v) is 7.63. The molecule has 1 saturated heterocycles. The Labute approximate surface area is 156 Å². The molecular formula is C18H22ClN3O2S. The van der Waals surface area contributed by atoms with Crippen molar-refractivity contribution in [2.75, 3.05) is 31.2 Å². The highest BCUT2D eigenvalue weighted by Gasteiger charge is 2.26. The van der Waals surface area contributed by atoms with Crippen molar-refractivity contribution >= 4 is 40.2 Å². The molecule has 0 saturated carbocycles. The summed E-state index contributed by atoms with van der Waals surface area (Å²) in [4.78, 5) is 16.4. The molecular weight excluding hydrogens is 358 g/mol. The summed E-state index contributed by atoms with van der Waals surface area (Å²) in [5.74, 6) is 0.529. The molecule has 7 heteroatoms. The fraction of sp³-hybridized carbons (Fsp3) is 0.389. The van der Waals surface area contributed by atoms with Crippen molar-refractivity contribution in [1.29, 1.82) is 0 Å². The Morgan fingerprint density at radius 3 is 2.84 bits per heavy atom. The standard InChI is InChI=1S/C18H22ClN3O2S/c1-24-17-10-15(20)14(19)9-16(17)21-18(23)12-4-6-22(7-5-12)11-13-3-2-8-25-13/h2-3,8-10,12H,4-7,11,20H2,1H3,(H,21,23). The van der Waals surface area contributed by atoms with Crippen LogP contribution in [0.1, 0.15) is 17.7 Å². The molecule has 1 aliphatic heterocycles. The van der Waals surface area contributed by atoms with Crippen LogP contribution in [-0.2, 0) is 11.3 Å². The van der Waals surface area contributed by atoms with Gasteiger partial charge in [-0.3, -0.25) is 9.69 Å². The molecule has 0 spiro atoms. The summed E-state index contributed by atoms with van der Waals surface area (Å²) in [6.07, 6.45) is 1.70. The number of ether oxygens (including phenoxy) is 1. The number of carbonyl (C=O) groups is 1. The van der Waals surface area contributed by atoms with Gasteiger partial charge in [-0.15, -0.1) is 11.3 Å². The summed E-state index contributed by atoms with van der Waals surface area (Å²) in [5, 5.41) is 5.44. The molecule has 5 nitrogen and oxygen atoms in total. The average molecular weight is 380 g/mol. The highest BCUT2D eigenvalue weighted by Crippen LogP contribution is 2.33. The molecule has 0 atom stereocenters. The lowest BCUT2D eigenvalue weighted by Crippen LogP contribution is -2.37. The number of nitrogens with one attached hydrogen (secondary N) is 1. The number of nitrogens with zero attached hydrogens (tertiary/aromatic N) is 1. The van der Waals surface area contributed by atoms with Gasteiger partial charge in [0.25, 0.3) is 0 Å². The Bertz CT molecular complexity index is 728. The van der Waals surface area contributed by atoms with E-state index in [1.54, 1.807) is 30.6 Å². The molecule has 1 fully saturated rings. The smallest absolute Gasteiger partial charge is 0.227 e. The van der Waals surface area contributed by atoms with Crippen LogP contribution in [0.3, 0.4) is 0 Å². The molecule has 25 heavy (non-hydrogen) atoms. The van der Waals surface area contributed by atoms with Gasteiger partial charge in [-0.05, 0) is 43.4 Å². The van der Waals surface area contributed by atoms with Crippen molar-refractivity contribution in [2.45, 2.75) is 19.4 Å². The second-order valence-electron chi connectivity index (χ2n) is 6.19. The van der Waals surface area contributed by atoms with Crippen molar-refractivity contribution in [3.63, 3.8) is 0 Å². The number of anilines is 2. The van der Waals surface area contributed by atoms with Crippen LogP contribution in [0.2, 0.25) is 5.02 Å². The number of benzene rings is 1. The Balaban J connectivity index is 1.57. The number of hydrogen-bond acceptors (Lipinski definition) is 5. The minimum atomic E-state index is 0.000574. The van der Waals surface area contributed by atoms with Crippen molar-refractivity contribution in [3.05, 3.63) is 39.5 Å². The number of piperidine rings is 1. The second kappa shape index (κ2) is 8.08.